The summed E-state index contributed by atoms with van der Waals surface area (Å²) in [5.74, 6) is 1.05. The Balaban J connectivity index is 2.31. The van der Waals surface area contributed by atoms with Crippen LogP contribution in [0.2, 0.25) is 0 Å². The highest BCUT2D eigenvalue weighted by atomic mass is 16.5. The first-order valence-electron chi connectivity index (χ1n) is 6.21. The van der Waals surface area contributed by atoms with Gasteiger partial charge in [-0.25, -0.2) is 0 Å². The Morgan fingerprint density at radius 2 is 2.00 bits per heavy atom. The Kier molecular flexibility index (Phi) is 6.74. The van der Waals surface area contributed by atoms with Crippen LogP contribution in [-0.2, 0) is 16.1 Å². The average molecular weight is 268 g/mol. The first kappa shape index (κ1) is 15.3. The van der Waals surface area contributed by atoms with Gasteiger partial charge in [-0.05, 0) is 25.0 Å². The fourth-order valence-electron chi connectivity index (χ4n) is 1.56. The molecule has 0 fully saturated rings. The summed E-state index contributed by atoms with van der Waals surface area (Å²) in [6.07, 6.45) is 1.57. The molecule has 0 amide bonds. The Bertz CT molecular complexity index is 403. The maximum atomic E-state index is 10.5. The van der Waals surface area contributed by atoms with Crippen molar-refractivity contribution >= 4 is 5.97 Å². The van der Waals surface area contributed by atoms with Crippen LogP contribution in [0.25, 0.3) is 0 Å². The molecule has 0 bridgehead atoms. The molecule has 5 heteroatoms. The second-order valence-corrected chi connectivity index (χ2v) is 4.03. The van der Waals surface area contributed by atoms with Gasteiger partial charge in [-0.15, -0.1) is 0 Å². The van der Waals surface area contributed by atoms with Crippen molar-refractivity contribution in [3.8, 4) is 11.5 Å². The molecule has 1 aromatic rings. The number of rotatable bonds is 8. The van der Waals surface area contributed by atoms with Crippen LogP contribution in [0.5, 0.6) is 11.5 Å². The number of aliphatic hydroxyl groups excluding tert-OH is 1. The number of esters is 1. The van der Waals surface area contributed by atoms with Crippen molar-refractivity contribution < 1.29 is 24.1 Å². The number of aliphatic hydroxyl groups is 1. The van der Waals surface area contributed by atoms with E-state index in [1.807, 2.05) is 0 Å². The van der Waals surface area contributed by atoms with Gasteiger partial charge in [0.1, 0.15) is 11.5 Å². The topological polar surface area (TPSA) is 65.0 Å². The van der Waals surface area contributed by atoms with Gasteiger partial charge < -0.3 is 19.3 Å². The van der Waals surface area contributed by atoms with Crippen molar-refractivity contribution in [1.29, 1.82) is 0 Å². The molecule has 0 saturated carbocycles. The highest BCUT2D eigenvalue weighted by Crippen LogP contribution is 2.24. The van der Waals surface area contributed by atoms with E-state index in [1.165, 1.54) is 6.92 Å². The molecule has 0 aliphatic carbocycles. The van der Waals surface area contributed by atoms with Gasteiger partial charge in [-0.2, -0.15) is 0 Å². The highest BCUT2D eigenvalue weighted by molar-refractivity contribution is 5.65. The van der Waals surface area contributed by atoms with Crippen molar-refractivity contribution in [1.82, 2.24) is 0 Å². The monoisotopic (exact) mass is 268 g/mol. The zero-order valence-electron chi connectivity index (χ0n) is 11.3. The van der Waals surface area contributed by atoms with E-state index < -0.39 is 0 Å². The molecule has 0 unspecified atom stereocenters. The number of ether oxygens (including phenoxy) is 3. The van der Waals surface area contributed by atoms with Crippen molar-refractivity contribution in [2.24, 2.45) is 0 Å². The van der Waals surface area contributed by atoms with Crippen LogP contribution in [0.15, 0.2) is 18.2 Å². The zero-order valence-corrected chi connectivity index (χ0v) is 11.3. The van der Waals surface area contributed by atoms with Gasteiger partial charge in [-0.3, -0.25) is 4.79 Å². The standard InChI is InChI=1S/C14H20O5/c1-11(16)18-7-3-4-8-19-13-6-5-12(10-15)14(9-13)17-2/h5-6,9,15H,3-4,7-8,10H2,1-2H3. The number of methoxy groups -OCH3 is 1. The van der Waals surface area contributed by atoms with Crippen LogP contribution in [0.3, 0.4) is 0 Å². The second kappa shape index (κ2) is 8.37. The summed E-state index contributed by atoms with van der Waals surface area (Å²) in [5.41, 5.74) is 0.727. The van der Waals surface area contributed by atoms with Gasteiger partial charge in [0.25, 0.3) is 0 Å². The number of hydrogen-bond donors (Lipinski definition) is 1. The maximum Gasteiger partial charge on any atom is 0.302 e. The Morgan fingerprint density at radius 1 is 1.26 bits per heavy atom. The third-order valence-corrected chi connectivity index (χ3v) is 2.54. The van der Waals surface area contributed by atoms with Crippen LogP contribution in [0.1, 0.15) is 25.3 Å². The van der Waals surface area contributed by atoms with Gasteiger partial charge in [0.2, 0.25) is 0 Å². The first-order chi connectivity index (χ1) is 9.17. The molecule has 0 heterocycles. The second-order valence-electron chi connectivity index (χ2n) is 4.03. The SMILES string of the molecule is COc1cc(OCCCCOC(C)=O)ccc1CO. The molecule has 0 radical (unpaired) electrons. The van der Waals surface area contributed by atoms with Crippen molar-refractivity contribution in [3.05, 3.63) is 23.8 Å². The van der Waals surface area contributed by atoms with E-state index in [0.717, 1.165) is 18.4 Å². The molecular weight excluding hydrogens is 248 g/mol. The third-order valence-electron chi connectivity index (χ3n) is 2.54. The number of carbonyl (C=O) groups excluding carboxylic acids is 1. The van der Waals surface area contributed by atoms with E-state index >= 15 is 0 Å². The average Bonchev–Trinajstić information content (AvgIpc) is 2.42. The summed E-state index contributed by atoms with van der Waals surface area (Å²) in [5, 5.41) is 9.10. The van der Waals surface area contributed by atoms with Gasteiger partial charge in [-0.1, -0.05) is 0 Å². The molecule has 19 heavy (non-hydrogen) atoms. The van der Waals surface area contributed by atoms with Crippen LogP contribution < -0.4 is 9.47 Å². The number of carbonyl (C=O) groups is 1. The first-order valence-corrected chi connectivity index (χ1v) is 6.21. The molecule has 0 atom stereocenters. The van der Waals surface area contributed by atoms with E-state index in [-0.39, 0.29) is 12.6 Å². The van der Waals surface area contributed by atoms with Crippen molar-refractivity contribution in [2.75, 3.05) is 20.3 Å². The summed E-state index contributed by atoms with van der Waals surface area (Å²) in [6.45, 7) is 2.30. The quantitative estimate of drug-likeness (QED) is 0.576. The molecule has 5 nitrogen and oxygen atoms in total. The summed E-state index contributed by atoms with van der Waals surface area (Å²) in [7, 11) is 1.55. The lowest BCUT2D eigenvalue weighted by Crippen LogP contribution is -2.04. The van der Waals surface area contributed by atoms with Gasteiger partial charge >= 0.3 is 5.97 Å². The largest absolute Gasteiger partial charge is 0.496 e. The number of benzene rings is 1. The molecule has 1 rings (SSSR count). The fourth-order valence-corrected chi connectivity index (χ4v) is 1.56. The van der Waals surface area contributed by atoms with Gasteiger partial charge in [0.15, 0.2) is 0 Å². The minimum Gasteiger partial charge on any atom is -0.496 e. The normalized spacial score (nSPS) is 10.1. The lowest BCUT2D eigenvalue weighted by atomic mass is 10.2. The smallest absolute Gasteiger partial charge is 0.302 e. The predicted molar refractivity (Wildman–Crippen MR) is 70.3 cm³/mol. The molecule has 0 aromatic heterocycles. The Morgan fingerprint density at radius 3 is 2.63 bits per heavy atom. The number of unbranched alkanes of at least 4 members (excludes halogenated alkanes) is 1. The predicted octanol–water partition coefficient (Wildman–Crippen LogP) is 1.91. The van der Waals surface area contributed by atoms with E-state index in [1.54, 1.807) is 25.3 Å². The molecular formula is C14H20O5. The summed E-state index contributed by atoms with van der Waals surface area (Å²) >= 11 is 0. The summed E-state index contributed by atoms with van der Waals surface area (Å²) in [6, 6.07) is 5.31. The van der Waals surface area contributed by atoms with Crippen LogP contribution in [0.4, 0.5) is 0 Å². The fraction of sp³-hybridized carbons (Fsp3) is 0.500. The third kappa shape index (κ3) is 5.61. The molecule has 1 N–H and O–H groups in total. The van der Waals surface area contributed by atoms with E-state index in [0.29, 0.717) is 24.7 Å². The highest BCUT2D eigenvalue weighted by Gasteiger charge is 2.04. The maximum absolute atomic E-state index is 10.5. The molecule has 0 spiro atoms. The Hall–Kier alpha value is -1.75. The minimum absolute atomic E-state index is 0.0637. The molecule has 0 aliphatic rings. The number of hydrogen-bond acceptors (Lipinski definition) is 5. The van der Waals surface area contributed by atoms with Crippen LogP contribution in [0, 0.1) is 0 Å². The molecule has 106 valence electrons. The van der Waals surface area contributed by atoms with E-state index in [4.69, 9.17) is 19.3 Å². The zero-order chi connectivity index (χ0) is 14.1. The van der Waals surface area contributed by atoms with Gasteiger partial charge in [0, 0.05) is 18.6 Å². The van der Waals surface area contributed by atoms with Crippen molar-refractivity contribution in [3.63, 3.8) is 0 Å². The van der Waals surface area contributed by atoms with Crippen LogP contribution in [-0.4, -0.2) is 31.4 Å². The van der Waals surface area contributed by atoms with Crippen molar-refractivity contribution in [2.45, 2.75) is 26.4 Å². The summed E-state index contributed by atoms with van der Waals surface area (Å²) in [4.78, 5) is 10.5. The lowest BCUT2D eigenvalue weighted by molar-refractivity contribution is -0.141. The minimum atomic E-state index is -0.259. The Labute approximate surface area is 113 Å². The van der Waals surface area contributed by atoms with Crippen LogP contribution >= 0.6 is 0 Å². The molecule has 1 aromatic carbocycles. The van der Waals surface area contributed by atoms with Gasteiger partial charge in [0.05, 0.1) is 26.9 Å². The molecule has 0 saturated heterocycles. The van der Waals surface area contributed by atoms with E-state index in [9.17, 15) is 4.79 Å². The summed E-state index contributed by atoms with van der Waals surface area (Å²) < 4.78 is 15.5. The van der Waals surface area contributed by atoms with E-state index in [2.05, 4.69) is 0 Å². The molecule has 0 aliphatic heterocycles. The lowest BCUT2D eigenvalue weighted by Gasteiger charge is -2.10.